The maximum Gasteiger partial charge on any atom is 0.269 e. The summed E-state index contributed by atoms with van der Waals surface area (Å²) in [7, 11) is 0. The molecular weight excluding hydrogens is 322 g/mol. The molecule has 130 valence electrons. The molecule has 0 bridgehead atoms. The maximum absolute atomic E-state index is 12.6. The first-order valence-electron chi connectivity index (χ1n) is 8.10. The summed E-state index contributed by atoms with van der Waals surface area (Å²) in [4.78, 5) is 24.5. The number of nitrogens with zero attached hydrogens (tertiary/aromatic N) is 2. The van der Waals surface area contributed by atoms with Crippen molar-refractivity contribution in [3.05, 3.63) is 70.3 Å². The molecule has 2 aromatic rings. The Kier molecular flexibility index (Phi) is 5.06. The first kappa shape index (κ1) is 17.1. The fourth-order valence-corrected chi connectivity index (χ4v) is 3.07. The van der Waals surface area contributed by atoms with E-state index in [4.69, 9.17) is 0 Å². The third-order valence-electron chi connectivity index (χ3n) is 4.35. The molecular formula is C18H19N3O4. The first-order valence-corrected chi connectivity index (χ1v) is 8.10. The van der Waals surface area contributed by atoms with Crippen LogP contribution in [0.5, 0.6) is 0 Å². The van der Waals surface area contributed by atoms with Crippen LogP contribution in [0.15, 0.2) is 54.6 Å². The Bertz CT molecular complexity index is 749. The third-order valence-corrected chi connectivity index (χ3v) is 4.35. The molecule has 2 aromatic carbocycles. The van der Waals surface area contributed by atoms with Gasteiger partial charge in [0.25, 0.3) is 5.69 Å². The average Bonchev–Trinajstić information content (AvgIpc) is 3.12. The average molecular weight is 341 g/mol. The van der Waals surface area contributed by atoms with Crippen LogP contribution in [0.2, 0.25) is 0 Å². The molecule has 2 N–H and O–H groups in total. The summed E-state index contributed by atoms with van der Waals surface area (Å²) in [6.45, 7) is 0.588. The van der Waals surface area contributed by atoms with E-state index in [0.717, 1.165) is 6.42 Å². The molecule has 0 spiro atoms. The predicted molar refractivity (Wildman–Crippen MR) is 92.9 cm³/mol. The lowest BCUT2D eigenvalue weighted by atomic mass is 10.1. The van der Waals surface area contributed by atoms with Crippen LogP contribution < -0.4 is 5.32 Å². The first-order chi connectivity index (χ1) is 12.1. The topological polar surface area (TPSA) is 95.7 Å². The van der Waals surface area contributed by atoms with Crippen molar-refractivity contribution >= 4 is 17.3 Å². The van der Waals surface area contributed by atoms with Crippen LogP contribution in [0, 0.1) is 10.1 Å². The minimum atomic E-state index is -0.977. The van der Waals surface area contributed by atoms with Crippen molar-refractivity contribution in [3.8, 4) is 0 Å². The van der Waals surface area contributed by atoms with Crippen molar-refractivity contribution in [1.82, 2.24) is 4.90 Å². The van der Waals surface area contributed by atoms with Crippen LogP contribution in [-0.2, 0) is 4.79 Å². The number of anilines is 1. The molecule has 1 aliphatic rings. The highest BCUT2D eigenvalue weighted by molar-refractivity contribution is 5.95. The number of aliphatic hydroxyl groups excluding tert-OH is 1. The second-order valence-corrected chi connectivity index (χ2v) is 5.97. The molecule has 0 radical (unpaired) electrons. The lowest BCUT2D eigenvalue weighted by molar-refractivity contribution is -0.384. The summed E-state index contributed by atoms with van der Waals surface area (Å²) >= 11 is 0. The number of carbonyl (C=O) groups excluding carboxylic acids is 1. The largest absolute Gasteiger partial charge is 0.374 e. The molecule has 7 heteroatoms. The SMILES string of the molecule is O=C(Nc1ccccc1)[C@@H]1CCCN1C(O)c1ccc([N+](=O)[O-])cc1. The molecule has 1 amide bonds. The highest BCUT2D eigenvalue weighted by atomic mass is 16.6. The van der Waals surface area contributed by atoms with E-state index in [-0.39, 0.29) is 11.6 Å². The molecule has 1 saturated heterocycles. The van der Waals surface area contributed by atoms with Gasteiger partial charge >= 0.3 is 0 Å². The zero-order valence-electron chi connectivity index (χ0n) is 13.5. The Hall–Kier alpha value is -2.77. The fraction of sp³-hybridized carbons (Fsp3) is 0.278. The van der Waals surface area contributed by atoms with Crippen molar-refractivity contribution in [3.63, 3.8) is 0 Å². The van der Waals surface area contributed by atoms with Gasteiger partial charge in [-0.15, -0.1) is 0 Å². The zero-order chi connectivity index (χ0) is 17.8. The number of para-hydroxylation sites is 1. The van der Waals surface area contributed by atoms with Crippen molar-refractivity contribution in [2.45, 2.75) is 25.1 Å². The highest BCUT2D eigenvalue weighted by Crippen LogP contribution is 2.29. The number of non-ortho nitro benzene ring substituents is 1. The van der Waals surface area contributed by atoms with Gasteiger partial charge in [0.05, 0.1) is 11.0 Å². The molecule has 3 rings (SSSR count). The van der Waals surface area contributed by atoms with Gasteiger partial charge in [-0.2, -0.15) is 0 Å². The van der Waals surface area contributed by atoms with E-state index in [9.17, 15) is 20.0 Å². The van der Waals surface area contributed by atoms with E-state index in [1.807, 2.05) is 30.3 Å². The van der Waals surface area contributed by atoms with Crippen molar-refractivity contribution < 1.29 is 14.8 Å². The second kappa shape index (κ2) is 7.42. The maximum atomic E-state index is 12.6. The normalized spacial score (nSPS) is 18.7. The van der Waals surface area contributed by atoms with Gasteiger partial charge in [-0.25, -0.2) is 0 Å². The summed E-state index contributed by atoms with van der Waals surface area (Å²) in [5.41, 5.74) is 1.21. The number of aliphatic hydroxyl groups is 1. The van der Waals surface area contributed by atoms with Crippen LogP contribution in [-0.4, -0.2) is 33.4 Å². The lowest BCUT2D eigenvalue weighted by Crippen LogP contribution is -2.41. The van der Waals surface area contributed by atoms with Crippen LogP contribution in [0.1, 0.15) is 24.6 Å². The van der Waals surface area contributed by atoms with Crippen molar-refractivity contribution in [2.24, 2.45) is 0 Å². The Morgan fingerprint density at radius 1 is 1.20 bits per heavy atom. The van der Waals surface area contributed by atoms with Gasteiger partial charge in [0.1, 0.15) is 6.23 Å². The van der Waals surface area contributed by atoms with E-state index >= 15 is 0 Å². The molecule has 0 aromatic heterocycles. The molecule has 1 aliphatic heterocycles. The second-order valence-electron chi connectivity index (χ2n) is 5.97. The van der Waals surface area contributed by atoms with E-state index in [2.05, 4.69) is 5.32 Å². The summed E-state index contributed by atoms with van der Waals surface area (Å²) in [5, 5.41) is 24.2. The predicted octanol–water partition coefficient (Wildman–Crippen LogP) is 2.69. The molecule has 1 fully saturated rings. The molecule has 1 heterocycles. The number of likely N-dealkylation sites (tertiary alicyclic amines) is 1. The third kappa shape index (κ3) is 3.84. The number of nitro benzene ring substituents is 1. The van der Waals surface area contributed by atoms with Crippen molar-refractivity contribution in [1.29, 1.82) is 0 Å². The summed E-state index contributed by atoms with van der Waals surface area (Å²) in [6, 6.07) is 14.5. The number of nitrogens with one attached hydrogen (secondary N) is 1. The number of amides is 1. The van der Waals surface area contributed by atoms with Crippen LogP contribution in [0.4, 0.5) is 11.4 Å². The minimum Gasteiger partial charge on any atom is -0.374 e. The molecule has 7 nitrogen and oxygen atoms in total. The van der Waals surface area contributed by atoms with Crippen molar-refractivity contribution in [2.75, 3.05) is 11.9 Å². The van der Waals surface area contributed by atoms with Gasteiger partial charge in [-0.05, 0) is 42.7 Å². The van der Waals surface area contributed by atoms with Gasteiger partial charge in [-0.3, -0.25) is 19.8 Å². The quantitative estimate of drug-likeness (QED) is 0.644. The van der Waals surface area contributed by atoms with Gasteiger partial charge in [-0.1, -0.05) is 18.2 Å². The van der Waals surface area contributed by atoms with E-state index in [0.29, 0.717) is 24.2 Å². The summed E-state index contributed by atoms with van der Waals surface area (Å²) in [5.74, 6) is -0.162. The summed E-state index contributed by atoms with van der Waals surface area (Å²) in [6.07, 6.45) is 0.481. The molecule has 25 heavy (non-hydrogen) atoms. The molecule has 0 aliphatic carbocycles. The summed E-state index contributed by atoms with van der Waals surface area (Å²) < 4.78 is 0. The van der Waals surface area contributed by atoms with Gasteiger partial charge < -0.3 is 10.4 Å². The fourth-order valence-electron chi connectivity index (χ4n) is 3.07. The Labute approximate surface area is 145 Å². The van der Waals surface area contributed by atoms with Gasteiger partial charge in [0.15, 0.2) is 0 Å². The monoisotopic (exact) mass is 341 g/mol. The Balaban J connectivity index is 1.71. The highest BCUT2D eigenvalue weighted by Gasteiger charge is 2.35. The standard InChI is InChI=1S/C18H19N3O4/c22-17(19-14-5-2-1-3-6-14)16-7-4-12-20(16)18(23)13-8-10-15(11-9-13)21(24)25/h1-3,5-6,8-11,16,18,23H,4,7,12H2,(H,19,22)/t16-,18?/m0/s1. The number of rotatable bonds is 5. The number of nitro groups is 1. The Morgan fingerprint density at radius 3 is 2.52 bits per heavy atom. The molecule has 2 atom stereocenters. The Morgan fingerprint density at radius 2 is 1.88 bits per heavy atom. The van der Waals surface area contributed by atoms with Crippen LogP contribution in [0.25, 0.3) is 0 Å². The van der Waals surface area contributed by atoms with E-state index in [1.165, 1.54) is 24.3 Å². The van der Waals surface area contributed by atoms with E-state index < -0.39 is 17.2 Å². The smallest absolute Gasteiger partial charge is 0.269 e. The van der Waals surface area contributed by atoms with Gasteiger partial charge in [0.2, 0.25) is 5.91 Å². The lowest BCUT2D eigenvalue weighted by Gasteiger charge is -2.28. The van der Waals surface area contributed by atoms with E-state index in [1.54, 1.807) is 4.90 Å². The number of benzene rings is 2. The number of carbonyl (C=O) groups is 1. The zero-order valence-corrected chi connectivity index (χ0v) is 13.5. The number of hydrogen-bond donors (Lipinski definition) is 2. The van der Waals surface area contributed by atoms with Crippen LogP contribution in [0.3, 0.4) is 0 Å². The van der Waals surface area contributed by atoms with Crippen LogP contribution >= 0.6 is 0 Å². The molecule has 0 saturated carbocycles. The minimum absolute atomic E-state index is 0.0317. The number of hydrogen-bond acceptors (Lipinski definition) is 5. The van der Waals surface area contributed by atoms with Gasteiger partial charge in [0, 0.05) is 24.4 Å². The molecule has 1 unspecified atom stereocenters.